The molecule has 1 aromatic heterocycles. The van der Waals surface area contributed by atoms with Gasteiger partial charge in [0.15, 0.2) is 5.82 Å². The van der Waals surface area contributed by atoms with Crippen LogP contribution in [-0.2, 0) is 10.8 Å². The summed E-state index contributed by atoms with van der Waals surface area (Å²) in [5, 5.41) is 0. The average Bonchev–Trinajstić information content (AvgIpc) is 3.74. The van der Waals surface area contributed by atoms with Crippen LogP contribution in [0, 0.1) is 0 Å². The number of benzene rings is 8. The summed E-state index contributed by atoms with van der Waals surface area (Å²) in [7, 11) is 0. The molecule has 3 aliphatic carbocycles. The van der Waals surface area contributed by atoms with E-state index in [4.69, 9.17) is 9.97 Å². The van der Waals surface area contributed by atoms with Crippen molar-refractivity contribution in [3.63, 3.8) is 0 Å². The van der Waals surface area contributed by atoms with E-state index in [1.807, 2.05) is 18.2 Å². The van der Waals surface area contributed by atoms with Crippen LogP contribution in [0.3, 0.4) is 0 Å². The van der Waals surface area contributed by atoms with E-state index in [0.29, 0.717) is 0 Å². The molecule has 0 amide bonds. The van der Waals surface area contributed by atoms with E-state index in [9.17, 15) is 0 Å². The minimum Gasteiger partial charge on any atom is -0.228 e. The monoisotopic (exact) mass is 808 g/mol. The Balaban J connectivity index is 0.886. The quantitative estimate of drug-likeness (QED) is 0.167. The van der Waals surface area contributed by atoms with Crippen LogP contribution in [0.1, 0.15) is 68.2 Å². The SMILES string of the molecule is CC1(C)c2ccccc2-c2cc3c(cc21)-c1cc(-c2cccc(-c4ccc(-c5cc(-c6ccc(-c7ccccc7)cc6)nc(-c6ccccc6)n5)cc4)c2)ccc1C31CCCCC1. The van der Waals surface area contributed by atoms with Gasteiger partial charge in [0.25, 0.3) is 0 Å². The molecule has 1 fully saturated rings. The van der Waals surface area contributed by atoms with E-state index in [1.165, 1.54) is 104 Å². The maximum atomic E-state index is 5.12. The molecule has 0 atom stereocenters. The average molecular weight is 809 g/mol. The van der Waals surface area contributed by atoms with Gasteiger partial charge in [0.05, 0.1) is 11.4 Å². The van der Waals surface area contributed by atoms with E-state index in [2.05, 4.69) is 190 Å². The van der Waals surface area contributed by atoms with Crippen LogP contribution in [-0.4, -0.2) is 9.97 Å². The molecule has 1 heterocycles. The first-order chi connectivity index (χ1) is 30.9. The van der Waals surface area contributed by atoms with Crippen molar-refractivity contribution < 1.29 is 0 Å². The summed E-state index contributed by atoms with van der Waals surface area (Å²) in [6.45, 7) is 4.81. The molecule has 0 aliphatic heterocycles. The lowest BCUT2D eigenvalue weighted by atomic mass is 9.67. The Morgan fingerprint density at radius 1 is 0.317 bits per heavy atom. The summed E-state index contributed by atoms with van der Waals surface area (Å²) >= 11 is 0. The number of nitrogens with zero attached hydrogens (tertiary/aromatic N) is 2. The molecular weight excluding hydrogens is 761 g/mol. The molecule has 0 unspecified atom stereocenters. The second-order valence-electron chi connectivity index (χ2n) is 18.4. The molecule has 9 aromatic rings. The number of hydrogen-bond donors (Lipinski definition) is 0. The minimum absolute atomic E-state index is 0.0278. The van der Waals surface area contributed by atoms with Crippen LogP contribution < -0.4 is 0 Å². The Bertz CT molecular complexity index is 3190. The number of aromatic nitrogens is 2. The van der Waals surface area contributed by atoms with Crippen molar-refractivity contribution in [2.45, 2.75) is 56.8 Å². The van der Waals surface area contributed by atoms with Crippen molar-refractivity contribution in [2.24, 2.45) is 0 Å². The van der Waals surface area contributed by atoms with Crippen molar-refractivity contribution in [3.8, 4) is 89.5 Å². The topological polar surface area (TPSA) is 25.8 Å². The molecule has 0 radical (unpaired) electrons. The van der Waals surface area contributed by atoms with E-state index in [-0.39, 0.29) is 10.8 Å². The summed E-state index contributed by atoms with van der Waals surface area (Å²) < 4.78 is 0. The molecule has 1 spiro atoms. The Hall–Kier alpha value is -7.16. The molecule has 8 aromatic carbocycles. The zero-order chi connectivity index (χ0) is 42.1. The van der Waals surface area contributed by atoms with Crippen LogP contribution >= 0.6 is 0 Å². The third-order valence-corrected chi connectivity index (χ3v) is 14.5. The Morgan fingerprint density at radius 3 is 1.48 bits per heavy atom. The van der Waals surface area contributed by atoms with Crippen molar-refractivity contribution in [3.05, 3.63) is 216 Å². The third kappa shape index (κ3) is 6.22. The fourth-order valence-electron chi connectivity index (χ4n) is 11.2. The molecule has 12 rings (SSSR count). The number of rotatable bonds is 6. The van der Waals surface area contributed by atoms with Gasteiger partial charge in [-0.25, -0.2) is 9.97 Å². The molecule has 0 bridgehead atoms. The van der Waals surface area contributed by atoms with Gasteiger partial charge in [0.1, 0.15) is 0 Å². The molecule has 2 nitrogen and oxygen atoms in total. The standard InChI is InChI=1S/C61H48N2/c1-60(2)53-22-11-10-21-49(53)51-38-56-52(37-55(51)60)50-36-48(31-32-54(50)61(56)33-12-5-13-34-61)47-20-14-19-46(35-47)42-25-29-44(30-26-42)58-39-57(62-59(63-58)45-17-8-4-9-18-45)43-27-23-41(24-28-43)40-15-6-3-7-16-40/h3-4,6-11,14-32,35-39H,5,12-13,33-34H2,1-2H3. The Morgan fingerprint density at radius 2 is 0.794 bits per heavy atom. The molecular formula is C61H48N2. The highest BCUT2D eigenvalue weighted by molar-refractivity contribution is 5.91. The largest absolute Gasteiger partial charge is 0.228 e. The van der Waals surface area contributed by atoms with Crippen LogP contribution in [0.5, 0.6) is 0 Å². The zero-order valence-electron chi connectivity index (χ0n) is 35.9. The number of fused-ring (bicyclic) bond motifs is 8. The third-order valence-electron chi connectivity index (χ3n) is 14.5. The molecule has 2 heteroatoms. The summed E-state index contributed by atoms with van der Waals surface area (Å²) in [5.74, 6) is 0.719. The highest BCUT2D eigenvalue weighted by Gasteiger charge is 2.46. The Labute approximate surface area is 371 Å². The first-order valence-corrected chi connectivity index (χ1v) is 22.7. The fraction of sp³-hybridized carbons (Fsp3) is 0.148. The molecule has 63 heavy (non-hydrogen) atoms. The first kappa shape index (κ1) is 37.6. The van der Waals surface area contributed by atoms with E-state index >= 15 is 0 Å². The van der Waals surface area contributed by atoms with Crippen LogP contribution in [0.15, 0.2) is 194 Å². The van der Waals surface area contributed by atoms with Crippen molar-refractivity contribution >= 4 is 0 Å². The summed E-state index contributed by atoms with van der Waals surface area (Å²) in [4.78, 5) is 10.2. The lowest BCUT2D eigenvalue weighted by molar-refractivity contribution is 0.353. The molecule has 302 valence electrons. The maximum absolute atomic E-state index is 5.12. The Kier molecular flexibility index (Phi) is 8.80. The van der Waals surface area contributed by atoms with Gasteiger partial charge in [0, 0.05) is 27.5 Å². The molecule has 0 saturated heterocycles. The fourth-order valence-corrected chi connectivity index (χ4v) is 11.2. The van der Waals surface area contributed by atoms with Gasteiger partial charge in [-0.05, 0) is 121 Å². The number of hydrogen-bond acceptors (Lipinski definition) is 2. The smallest absolute Gasteiger partial charge is 0.160 e. The molecule has 3 aliphatic rings. The predicted molar refractivity (Wildman–Crippen MR) is 262 cm³/mol. The van der Waals surface area contributed by atoms with Crippen LogP contribution in [0.25, 0.3) is 89.5 Å². The summed E-state index contributed by atoms with van der Waals surface area (Å²) in [6, 6.07) is 71.2. The van der Waals surface area contributed by atoms with E-state index < -0.39 is 0 Å². The van der Waals surface area contributed by atoms with Gasteiger partial charge in [-0.3, -0.25) is 0 Å². The van der Waals surface area contributed by atoms with E-state index in [1.54, 1.807) is 5.56 Å². The molecule has 1 saturated carbocycles. The van der Waals surface area contributed by atoms with Crippen molar-refractivity contribution in [1.82, 2.24) is 9.97 Å². The first-order valence-electron chi connectivity index (χ1n) is 22.7. The van der Waals surface area contributed by atoms with Gasteiger partial charge < -0.3 is 0 Å². The summed E-state index contributed by atoms with van der Waals surface area (Å²) in [5.41, 5.74) is 24.0. The van der Waals surface area contributed by atoms with Gasteiger partial charge in [-0.1, -0.05) is 197 Å². The van der Waals surface area contributed by atoms with Crippen LogP contribution in [0.4, 0.5) is 0 Å². The lowest BCUT2D eigenvalue weighted by Crippen LogP contribution is -2.28. The van der Waals surface area contributed by atoms with Gasteiger partial charge in [-0.2, -0.15) is 0 Å². The highest BCUT2D eigenvalue weighted by Crippen LogP contribution is 2.60. The van der Waals surface area contributed by atoms with Gasteiger partial charge in [-0.15, -0.1) is 0 Å². The highest BCUT2D eigenvalue weighted by atomic mass is 14.9. The normalized spacial score (nSPS) is 15.1. The lowest BCUT2D eigenvalue weighted by Gasteiger charge is -2.36. The second-order valence-corrected chi connectivity index (χ2v) is 18.4. The summed E-state index contributed by atoms with van der Waals surface area (Å²) in [6.07, 6.45) is 6.37. The van der Waals surface area contributed by atoms with Crippen LogP contribution in [0.2, 0.25) is 0 Å². The predicted octanol–water partition coefficient (Wildman–Crippen LogP) is 16.0. The van der Waals surface area contributed by atoms with Crippen molar-refractivity contribution in [2.75, 3.05) is 0 Å². The zero-order valence-corrected chi connectivity index (χ0v) is 35.9. The maximum Gasteiger partial charge on any atom is 0.160 e. The van der Waals surface area contributed by atoms with Gasteiger partial charge >= 0.3 is 0 Å². The van der Waals surface area contributed by atoms with Gasteiger partial charge in [0.2, 0.25) is 0 Å². The van der Waals surface area contributed by atoms with Crippen molar-refractivity contribution in [1.29, 1.82) is 0 Å². The minimum atomic E-state index is -0.0278. The molecule has 0 N–H and O–H groups in total. The second kappa shape index (κ2) is 14.7. The van der Waals surface area contributed by atoms with E-state index in [0.717, 1.165) is 33.9 Å².